The summed E-state index contributed by atoms with van der Waals surface area (Å²) in [5.74, 6) is 0.821. The van der Waals surface area contributed by atoms with Crippen LogP contribution in [0, 0.1) is 0 Å². The van der Waals surface area contributed by atoms with Gasteiger partial charge >= 0.3 is 0 Å². The molecule has 0 saturated heterocycles. The molecular formula is C11H10NO2S-. The Kier molecular flexibility index (Phi) is 2.60. The van der Waals surface area contributed by atoms with E-state index in [0.29, 0.717) is 0 Å². The van der Waals surface area contributed by atoms with Crippen LogP contribution in [-0.2, 0) is 0 Å². The Bertz CT molecular complexity index is 512. The molecule has 0 unspecified atom stereocenters. The number of aromatic nitrogens is 1. The summed E-state index contributed by atoms with van der Waals surface area (Å²) < 4.78 is 6.14. The Hall–Kier alpha value is -1.55. The molecule has 0 N–H and O–H groups in total. The van der Waals surface area contributed by atoms with Crippen molar-refractivity contribution in [2.45, 2.75) is 6.92 Å². The summed E-state index contributed by atoms with van der Waals surface area (Å²) in [7, 11) is 1.63. The Morgan fingerprint density at radius 2 is 2.33 bits per heavy atom. The van der Waals surface area contributed by atoms with Crippen molar-refractivity contribution in [2.75, 3.05) is 7.11 Å². The van der Waals surface area contributed by atoms with E-state index >= 15 is 0 Å². The quantitative estimate of drug-likeness (QED) is 0.727. The summed E-state index contributed by atoms with van der Waals surface area (Å²) in [6.45, 7) is 1.52. The SMILES string of the molecule is COc1ccc2nc(/C=C(/C)[O-])sc2c1. The van der Waals surface area contributed by atoms with Gasteiger partial charge in [-0.15, -0.1) is 17.1 Å². The maximum Gasteiger partial charge on any atom is 0.120 e. The fourth-order valence-corrected chi connectivity index (χ4v) is 2.27. The molecule has 15 heavy (non-hydrogen) atoms. The van der Waals surface area contributed by atoms with Crippen molar-refractivity contribution in [3.05, 3.63) is 29.0 Å². The molecule has 0 bridgehead atoms. The van der Waals surface area contributed by atoms with E-state index in [-0.39, 0.29) is 5.76 Å². The molecule has 0 aliphatic carbocycles. The van der Waals surface area contributed by atoms with E-state index in [9.17, 15) is 5.11 Å². The first kappa shape index (κ1) is 9.98. The highest BCUT2D eigenvalue weighted by Crippen LogP contribution is 2.26. The number of thiazole rings is 1. The van der Waals surface area contributed by atoms with Crippen molar-refractivity contribution in [2.24, 2.45) is 0 Å². The molecule has 78 valence electrons. The average Bonchev–Trinajstić information content (AvgIpc) is 2.57. The van der Waals surface area contributed by atoms with Gasteiger partial charge < -0.3 is 9.84 Å². The number of methoxy groups -OCH3 is 1. The summed E-state index contributed by atoms with van der Waals surface area (Å²) in [6.07, 6.45) is 1.54. The first-order valence-corrected chi connectivity index (χ1v) is 5.30. The number of ether oxygens (including phenoxy) is 1. The fraction of sp³-hybridized carbons (Fsp3) is 0.182. The summed E-state index contributed by atoms with van der Waals surface area (Å²) in [5, 5.41) is 11.6. The van der Waals surface area contributed by atoms with Crippen LogP contribution < -0.4 is 9.84 Å². The summed E-state index contributed by atoms with van der Waals surface area (Å²) in [4.78, 5) is 4.31. The highest BCUT2D eigenvalue weighted by Gasteiger charge is 2.02. The molecule has 1 aromatic heterocycles. The molecule has 2 rings (SSSR count). The molecule has 0 radical (unpaired) electrons. The number of benzene rings is 1. The molecule has 0 atom stereocenters. The number of fused-ring (bicyclic) bond motifs is 1. The van der Waals surface area contributed by atoms with Crippen LogP contribution in [0.4, 0.5) is 0 Å². The number of hydrogen-bond donors (Lipinski definition) is 0. The van der Waals surface area contributed by atoms with Crippen molar-refractivity contribution in [3.8, 4) is 5.75 Å². The van der Waals surface area contributed by atoms with Gasteiger partial charge in [0, 0.05) is 0 Å². The average molecular weight is 220 g/mol. The monoisotopic (exact) mass is 220 g/mol. The Morgan fingerprint density at radius 1 is 1.53 bits per heavy atom. The number of allylic oxidation sites excluding steroid dienone is 1. The lowest BCUT2D eigenvalue weighted by atomic mass is 10.3. The van der Waals surface area contributed by atoms with Crippen LogP contribution in [-0.4, -0.2) is 12.1 Å². The van der Waals surface area contributed by atoms with Gasteiger partial charge in [0.1, 0.15) is 10.8 Å². The smallest absolute Gasteiger partial charge is 0.120 e. The highest BCUT2D eigenvalue weighted by molar-refractivity contribution is 7.19. The largest absolute Gasteiger partial charge is 0.876 e. The molecule has 0 saturated carbocycles. The van der Waals surface area contributed by atoms with Crippen LogP contribution in [0.3, 0.4) is 0 Å². The maximum atomic E-state index is 10.9. The van der Waals surface area contributed by atoms with E-state index in [4.69, 9.17) is 4.74 Å². The summed E-state index contributed by atoms with van der Waals surface area (Å²) in [6, 6.07) is 5.67. The van der Waals surface area contributed by atoms with E-state index in [1.54, 1.807) is 7.11 Å². The van der Waals surface area contributed by atoms with E-state index < -0.39 is 0 Å². The van der Waals surface area contributed by atoms with Gasteiger partial charge in [0.25, 0.3) is 0 Å². The Balaban J connectivity index is 2.51. The Morgan fingerprint density at radius 3 is 3.00 bits per heavy atom. The number of rotatable bonds is 2. The normalized spacial score (nSPS) is 12.0. The van der Waals surface area contributed by atoms with Crippen LogP contribution in [0.2, 0.25) is 0 Å². The summed E-state index contributed by atoms with van der Waals surface area (Å²) in [5.41, 5.74) is 0.897. The van der Waals surface area contributed by atoms with Gasteiger partial charge in [-0.25, -0.2) is 4.98 Å². The molecule has 4 heteroatoms. The van der Waals surface area contributed by atoms with E-state index in [1.807, 2.05) is 18.2 Å². The predicted molar refractivity (Wildman–Crippen MR) is 59.8 cm³/mol. The minimum absolute atomic E-state index is 0.0148. The van der Waals surface area contributed by atoms with Crippen molar-refractivity contribution in [1.29, 1.82) is 0 Å². The van der Waals surface area contributed by atoms with Crippen molar-refractivity contribution < 1.29 is 9.84 Å². The standard InChI is InChI=1S/C11H11NO2S/c1-7(13)5-11-12-9-4-3-8(14-2)6-10(9)15-11/h3-6,13H,1-2H3/p-1/b7-5-. The second kappa shape index (κ2) is 3.90. The second-order valence-electron chi connectivity index (χ2n) is 3.14. The van der Waals surface area contributed by atoms with E-state index in [0.717, 1.165) is 21.0 Å². The molecule has 0 fully saturated rings. The van der Waals surface area contributed by atoms with Crippen molar-refractivity contribution in [1.82, 2.24) is 4.98 Å². The molecular weight excluding hydrogens is 210 g/mol. The zero-order valence-electron chi connectivity index (χ0n) is 8.48. The van der Waals surface area contributed by atoms with Gasteiger partial charge in [0.05, 0.1) is 17.3 Å². The Labute approximate surface area is 91.7 Å². The van der Waals surface area contributed by atoms with Crippen molar-refractivity contribution in [3.63, 3.8) is 0 Å². The third kappa shape index (κ3) is 2.10. The van der Waals surface area contributed by atoms with Crippen molar-refractivity contribution >= 4 is 27.6 Å². The molecule has 0 aliphatic heterocycles. The first-order chi connectivity index (χ1) is 7.19. The van der Waals surface area contributed by atoms with Crippen LogP contribution in [0.15, 0.2) is 24.0 Å². The van der Waals surface area contributed by atoms with Gasteiger partial charge in [-0.05, 0) is 24.3 Å². The van der Waals surface area contributed by atoms with Gasteiger partial charge in [-0.1, -0.05) is 6.92 Å². The molecule has 3 nitrogen and oxygen atoms in total. The molecule has 0 amide bonds. The van der Waals surface area contributed by atoms with Crippen LogP contribution >= 0.6 is 11.3 Å². The van der Waals surface area contributed by atoms with Crippen LogP contribution in [0.5, 0.6) is 5.75 Å². The number of nitrogens with zero attached hydrogens (tertiary/aromatic N) is 1. The second-order valence-corrected chi connectivity index (χ2v) is 4.20. The lowest BCUT2D eigenvalue weighted by Crippen LogP contribution is -1.96. The van der Waals surface area contributed by atoms with Gasteiger partial charge in [-0.3, -0.25) is 0 Å². The molecule has 0 aliphatic rings. The topological polar surface area (TPSA) is 45.2 Å². The molecule has 0 spiro atoms. The van der Waals surface area contributed by atoms with Gasteiger partial charge in [-0.2, -0.15) is 0 Å². The van der Waals surface area contributed by atoms with Crippen LogP contribution in [0.25, 0.3) is 16.3 Å². The zero-order chi connectivity index (χ0) is 10.8. The first-order valence-electron chi connectivity index (χ1n) is 4.49. The lowest BCUT2D eigenvalue weighted by molar-refractivity contribution is -0.299. The van der Waals surface area contributed by atoms with E-state index in [1.165, 1.54) is 24.3 Å². The summed E-state index contributed by atoms with van der Waals surface area (Å²) >= 11 is 1.49. The van der Waals surface area contributed by atoms with E-state index in [2.05, 4.69) is 4.98 Å². The fourth-order valence-electron chi connectivity index (χ4n) is 1.29. The third-order valence-electron chi connectivity index (χ3n) is 1.94. The minimum atomic E-state index is 0.0148. The predicted octanol–water partition coefficient (Wildman–Crippen LogP) is 2.03. The third-order valence-corrected chi connectivity index (χ3v) is 2.90. The lowest BCUT2D eigenvalue weighted by Gasteiger charge is -1.99. The highest BCUT2D eigenvalue weighted by atomic mass is 32.1. The maximum absolute atomic E-state index is 10.9. The molecule has 1 aromatic carbocycles. The van der Waals surface area contributed by atoms with Crippen LogP contribution in [0.1, 0.15) is 11.9 Å². The van der Waals surface area contributed by atoms with Gasteiger partial charge in [0.2, 0.25) is 0 Å². The zero-order valence-corrected chi connectivity index (χ0v) is 9.30. The molecule has 1 heterocycles. The number of hydrogen-bond acceptors (Lipinski definition) is 4. The van der Waals surface area contributed by atoms with Gasteiger partial charge in [0.15, 0.2) is 0 Å². The molecule has 2 aromatic rings. The minimum Gasteiger partial charge on any atom is -0.876 e.